The third-order valence-corrected chi connectivity index (χ3v) is 7.69. The first-order valence-electron chi connectivity index (χ1n) is 9.11. The summed E-state index contributed by atoms with van der Waals surface area (Å²) in [7, 11) is -3.42. The zero-order valence-corrected chi connectivity index (χ0v) is 17.8. The molecule has 0 radical (unpaired) electrons. The number of carbonyl (C=O) groups is 1. The number of thiazole rings is 1. The van der Waals surface area contributed by atoms with Crippen LogP contribution in [0.15, 0.2) is 46.8 Å². The summed E-state index contributed by atoms with van der Waals surface area (Å²) in [5.41, 5.74) is 1.46. The van der Waals surface area contributed by atoms with Crippen molar-refractivity contribution in [2.24, 2.45) is 0 Å². The SMILES string of the molecule is O=C(/C=C/c1c(Cl)nc2sccn12)NCc1ccc(S(=O)(=O)N2CCCC2)cc1. The van der Waals surface area contributed by atoms with Crippen molar-refractivity contribution in [1.82, 2.24) is 19.0 Å². The minimum atomic E-state index is -3.42. The maximum absolute atomic E-state index is 12.5. The second kappa shape index (κ2) is 8.27. The monoisotopic (exact) mass is 450 g/mol. The molecule has 0 spiro atoms. The van der Waals surface area contributed by atoms with Gasteiger partial charge < -0.3 is 5.32 Å². The first-order chi connectivity index (χ1) is 13.9. The van der Waals surface area contributed by atoms with Crippen LogP contribution in [0.2, 0.25) is 5.15 Å². The van der Waals surface area contributed by atoms with Crippen LogP contribution in [-0.4, -0.2) is 41.1 Å². The van der Waals surface area contributed by atoms with E-state index in [0.29, 0.717) is 30.5 Å². The molecule has 152 valence electrons. The lowest BCUT2D eigenvalue weighted by Crippen LogP contribution is -2.27. The third-order valence-electron chi connectivity index (χ3n) is 4.74. The molecule has 0 aliphatic carbocycles. The van der Waals surface area contributed by atoms with Crippen molar-refractivity contribution < 1.29 is 13.2 Å². The quantitative estimate of drug-likeness (QED) is 0.584. The summed E-state index contributed by atoms with van der Waals surface area (Å²) in [6.45, 7) is 1.44. The molecule has 0 bridgehead atoms. The number of imidazole rings is 1. The van der Waals surface area contributed by atoms with Crippen molar-refractivity contribution in [3.05, 3.63) is 58.3 Å². The van der Waals surface area contributed by atoms with Gasteiger partial charge in [0, 0.05) is 37.3 Å². The van der Waals surface area contributed by atoms with Crippen molar-refractivity contribution in [2.45, 2.75) is 24.3 Å². The van der Waals surface area contributed by atoms with Gasteiger partial charge in [0.25, 0.3) is 0 Å². The molecule has 1 aliphatic heterocycles. The molecule has 0 atom stereocenters. The minimum Gasteiger partial charge on any atom is -0.348 e. The number of rotatable bonds is 6. The number of benzene rings is 1. The van der Waals surface area contributed by atoms with Gasteiger partial charge in [0.2, 0.25) is 15.9 Å². The molecule has 1 amide bonds. The number of fused-ring (bicyclic) bond motifs is 1. The predicted octanol–water partition coefficient (Wildman–Crippen LogP) is 3.16. The second-order valence-corrected chi connectivity index (χ2v) is 9.82. The van der Waals surface area contributed by atoms with E-state index in [9.17, 15) is 13.2 Å². The van der Waals surface area contributed by atoms with Crippen molar-refractivity contribution >= 4 is 49.9 Å². The van der Waals surface area contributed by atoms with E-state index in [2.05, 4.69) is 10.3 Å². The average molecular weight is 451 g/mol. The van der Waals surface area contributed by atoms with Crippen LogP contribution in [-0.2, 0) is 21.4 Å². The van der Waals surface area contributed by atoms with Gasteiger partial charge in [-0.25, -0.2) is 13.4 Å². The Balaban J connectivity index is 1.37. The molecular weight excluding hydrogens is 432 g/mol. The van der Waals surface area contributed by atoms with E-state index >= 15 is 0 Å². The van der Waals surface area contributed by atoms with Crippen molar-refractivity contribution in [1.29, 1.82) is 0 Å². The fourth-order valence-electron chi connectivity index (χ4n) is 3.19. The highest BCUT2D eigenvalue weighted by Gasteiger charge is 2.26. The normalized spacial score (nSPS) is 15.5. The third kappa shape index (κ3) is 4.23. The van der Waals surface area contributed by atoms with E-state index in [4.69, 9.17) is 11.6 Å². The van der Waals surface area contributed by atoms with Crippen molar-refractivity contribution in [2.75, 3.05) is 13.1 Å². The maximum Gasteiger partial charge on any atom is 0.244 e. The molecular formula is C19H19ClN4O3S2. The van der Waals surface area contributed by atoms with Gasteiger partial charge in [-0.15, -0.1) is 11.3 Å². The number of halogens is 1. The summed E-state index contributed by atoms with van der Waals surface area (Å²) in [4.78, 5) is 17.4. The molecule has 0 unspecified atom stereocenters. The van der Waals surface area contributed by atoms with Crippen LogP contribution in [0.5, 0.6) is 0 Å². The Kier molecular flexibility index (Phi) is 5.73. The summed E-state index contributed by atoms with van der Waals surface area (Å²) in [6.07, 6.45) is 6.67. The zero-order valence-electron chi connectivity index (χ0n) is 15.4. The summed E-state index contributed by atoms with van der Waals surface area (Å²) in [5.74, 6) is -0.278. The lowest BCUT2D eigenvalue weighted by molar-refractivity contribution is -0.116. The topological polar surface area (TPSA) is 83.8 Å². The largest absolute Gasteiger partial charge is 0.348 e. The molecule has 10 heteroatoms. The zero-order chi connectivity index (χ0) is 20.4. The van der Waals surface area contributed by atoms with Gasteiger partial charge in [0.15, 0.2) is 10.1 Å². The first kappa shape index (κ1) is 20.1. The standard InChI is InChI=1S/C19H19ClN4O3S2/c20-18-16(24-11-12-28-19(24)22-18)7-8-17(25)21-13-14-3-5-15(6-4-14)29(26,27)23-9-1-2-10-23/h3-8,11-12H,1-2,9-10,13H2,(H,21,25)/b8-7+. The number of nitrogens with one attached hydrogen (secondary N) is 1. The Bertz CT molecular complexity index is 1160. The Morgan fingerprint density at radius 1 is 1.24 bits per heavy atom. The van der Waals surface area contributed by atoms with Gasteiger partial charge in [0.1, 0.15) is 0 Å². The van der Waals surface area contributed by atoms with Gasteiger partial charge >= 0.3 is 0 Å². The molecule has 1 fully saturated rings. The molecule has 1 aromatic carbocycles. The fourth-order valence-corrected chi connectivity index (χ4v) is 5.71. The van der Waals surface area contributed by atoms with E-state index < -0.39 is 10.0 Å². The van der Waals surface area contributed by atoms with Crippen molar-refractivity contribution in [3.8, 4) is 0 Å². The Labute approximate surface area is 177 Å². The van der Waals surface area contributed by atoms with Crippen LogP contribution in [0.1, 0.15) is 24.1 Å². The van der Waals surface area contributed by atoms with Gasteiger partial charge in [-0.3, -0.25) is 9.20 Å². The molecule has 3 aromatic rings. The van der Waals surface area contributed by atoms with Crippen LogP contribution in [0.4, 0.5) is 0 Å². The van der Waals surface area contributed by atoms with Gasteiger partial charge in [-0.1, -0.05) is 23.7 Å². The molecule has 1 aliphatic rings. The summed E-state index contributed by atoms with van der Waals surface area (Å²) in [5, 5.41) is 5.02. The van der Waals surface area contributed by atoms with Crippen LogP contribution < -0.4 is 5.32 Å². The van der Waals surface area contributed by atoms with Crippen LogP contribution >= 0.6 is 22.9 Å². The van der Waals surface area contributed by atoms with E-state index in [1.165, 1.54) is 21.7 Å². The van der Waals surface area contributed by atoms with Gasteiger partial charge in [-0.2, -0.15) is 4.31 Å². The number of sulfonamides is 1. The summed E-state index contributed by atoms with van der Waals surface area (Å²) >= 11 is 7.57. The Morgan fingerprint density at radius 3 is 2.69 bits per heavy atom. The number of hydrogen-bond acceptors (Lipinski definition) is 5. The fraction of sp³-hybridized carbons (Fsp3) is 0.263. The summed E-state index contributed by atoms with van der Waals surface area (Å²) in [6, 6.07) is 6.61. The minimum absolute atomic E-state index is 0.278. The maximum atomic E-state index is 12.5. The average Bonchev–Trinajstić information content (AvgIpc) is 3.44. The molecule has 7 nitrogen and oxygen atoms in total. The highest BCUT2D eigenvalue weighted by Crippen LogP contribution is 2.23. The van der Waals surface area contributed by atoms with E-state index in [1.54, 1.807) is 30.3 Å². The van der Waals surface area contributed by atoms with E-state index in [0.717, 1.165) is 23.4 Å². The van der Waals surface area contributed by atoms with Crippen molar-refractivity contribution in [3.63, 3.8) is 0 Å². The number of amides is 1. The molecule has 1 N–H and O–H groups in total. The van der Waals surface area contributed by atoms with Gasteiger partial charge in [0.05, 0.1) is 10.6 Å². The van der Waals surface area contributed by atoms with E-state index in [-0.39, 0.29) is 10.8 Å². The Hall–Kier alpha value is -2.20. The number of aromatic nitrogens is 2. The highest BCUT2D eigenvalue weighted by atomic mass is 35.5. The molecule has 2 aromatic heterocycles. The molecule has 3 heterocycles. The Morgan fingerprint density at radius 2 is 1.97 bits per heavy atom. The molecule has 29 heavy (non-hydrogen) atoms. The van der Waals surface area contributed by atoms with Crippen LogP contribution in [0.25, 0.3) is 11.0 Å². The lowest BCUT2D eigenvalue weighted by Gasteiger charge is -2.15. The van der Waals surface area contributed by atoms with Crippen LogP contribution in [0.3, 0.4) is 0 Å². The van der Waals surface area contributed by atoms with Gasteiger partial charge in [-0.05, 0) is 36.6 Å². The first-order valence-corrected chi connectivity index (χ1v) is 11.8. The number of carbonyl (C=O) groups excluding carboxylic acids is 1. The van der Waals surface area contributed by atoms with E-state index in [1.807, 2.05) is 16.0 Å². The number of nitrogens with zero attached hydrogens (tertiary/aromatic N) is 3. The lowest BCUT2D eigenvalue weighted by atomic mass is 10.2. The van der Waals surface area contributed by atoms with Crippen LogP contribution in [0, 0.1) is 0 Å². The number of hydrogen-bond donors (Lipinski definition) is 1. The second-order valence-electron chi connectivity index (χ2n) is 6.65. The predicted molar refractivity (Wildman–Crippen MR) is 113 cm³/mol. The smallest absolute Gasteiger partial charge is 0.244 e. The molecule has 1 saturated heterocycles. The highest BCUT2D eigenvalue weighted by molar-refractivity contribution is 7.89. The molecule has 0 saturated carbocycles. The summed E-state index contributed by atoms with van der Waals surface area (Å²) < 4.78 is 28.4. The molecule has 4 rings (SSSR count).